The third kappa shape index (κ3) is 4.25. The third-order valence-corrected chi connectivity index (χ3v) is 5.34. The number of aryl methyl sites for hydroxylation is 2. The molecule has 134 valence electrons. The van der Waals surface area contributed by atoms with Crippen molar-refractivity contribution in [3.63, 3.8) is 0 Å². The van der Waals surface area contributed by atoms with Crippen molar-refractivity contribution >= 4 is 28.3 Å². The minimum atomic E-state index is -0.0597. The lowest BCUT2D eigenvalue weighted by atomic mass is 9.95. The van der Waals surface area contributed by atoms with Crippen LogP contribution in [0.1, 0.15) is 36.3 Å². The molecule has 0 unspecified atom stereocenters. The molecule has 1 saturated heterocycles. The highest BCUT2D eigenvalue weighted by Gasteiger charge is 2.27. The van der Waals surface area contributed by atoms with Gasteiger partial charge in [0, 0.05) is 42.6 Å². The molecule has 2 aromatic heterocycles. The Morgan fingerprint density at radius 2 is 2.12 bits per heavy atom. The summed E-state index contributed by atoms with van der Waals surface area (Å²) >= 11 is 1.41. The van der Waals surface area contributed by atoms with E-state index in [1.807, 2.05) is 24.1 Å². The average Bonchev–Trinajstić information content (AvgIpc) is 3.23. The van der Waals surface area contributed by atoms with E-state index in [-0.39, 0.29) is 17.7 Å². The normalized spacial score (nSPS) is 15.4. The molecule has 0 aliphatic carbocycles. The number of nitrogens with zero attached hydrogens (tertiary/aromatic N) is 3. The monoisotopic (exact) mass is 362 g/mol. The zero-order valence-electron chi connectivity index (χ0n) is 14.4. The molecule has 1 fully saturated rings. The molecule has 0 bridgehead atoms. The maximum absolute atomic E-state index is 12.4. The van der Waals surface area contributed by atoms with Crippen LogP contribution in [-0.4, -0.2) is 39.9 Å². The molecule has 0 saturated carbocycles. The van der Waals surface area contributed by atoms with E-state index in [0.717, 1.165) is 17.0 Å². The number of likely N-dealkylation sites (tertiary alicyclic amines) is 1. The Morgan fingerprint density at radius 1 is 1.36 bits per heavy atom. The van der Waals surface area contributed by atoms with Crippen molar-refractivity contribution in [3.05, 3.63) is 28.6 Å². The molecule has 1 aliphatic rings. The molecule has 8 heteroatoms. The summed E-state index contributed by atoms with van der Waals surface area (Å²) in [4.78, 5) is 30.6. The van der Waals surface area contributed by atoms with Crippen LogP contribution in [0.3, 0.4) is 0 Å². The Labute approximate surface area is 150 Å². The molecular weight excluding hydrogens is 340 g/mol. The van der Waals surface area contributed by atoms with Gasteiger partial charge in [0.05, 0.1) is 5.69 Å². The first-order chi connectivity index (χ1) is 12.0. The summed E-state index contributed by atoms with van der Waals surface area (Å²) in [6.07, 6.45) is 4.13. The predicted octanol–water partition coefficient (Wildman–Crippen LogP) is 2.56. The number of thiazole rings is 1. The fourth-order valence-corrected chi connectivity index (χ4v) is 3.66. The van der Waals surface area contributed by atoms with Gasteiger partial charge < -0.3 is 14.7 Å². The smallest absolute Gasteiger partial charge is 0.229 e. The number of nitrogens with one attached hydrogen (secondary N) is 1. The Bertz CT molecular complexity index is 714. The molecule has 1 N–H and O–H groups in total. The quantitative estimate of drug-likeness (QED) is 0.883. The van der Waals surface area contributed by atoms with Gasteiger partial charge >= 0.3 is 0 Å². The summed E-state index contributed by atoms with van der Waals surface area (Å²) < 4.78 is 5.13. The second kappa shape index (κ2) is 7.77. The number of anilines is 1. The van der Waals surface area contributed by atoms with Gasteiger partial charge in [-0.05, 0) is 33.1 Å². The number of hydrogen-bond donors (Lipinski definition) is 1. The van der Waals surface area contributed by atoms with Gasteiger partial charge in [-0.15, -0.1) is 11.3 Å². The third-order valence-electron chi connectivity index (χ3n) is 4.65. The topological polar surface area (TPSA) is 88.3 Å². The number of piperidine rings is 1. The molecular formula is C17H22N4O3S. The fraction of sp³-hybridized carbons (Fsp3) is 0.529. The SMILES string of the molecule is Cc1noc(C)c1CCC(=O)N1CCC(C(=O)Nc2nccs2)CC1. The Balaban J connectivity index is 1.45. The molecule has 0 atom stereocenters. The summed E-state index contributed by atoms with van der Waals surface area (Å²) in [6.45, 7) is 5.00. The van der Waals surface area contributed by atoms with Crippen molar-refractivity contribution in [1.29, 1.82) is 0 Å². The summed E-state index contributed by atoms with van der Waals surface area (Å²) in [6, 6.07) is 0. The van der Waals surface area contributed by atoms with Crippen LogP contribution in [0.2, 0.25) is 0 Å². The molecule has 0 radical (unpaired) electrons. The van der Waals surface area contributed by atoms with Gasteiger partial charge in [-0.25, -0.2) is 4.98 Å². The van der Waals surface area contributed by atoms with E-state index >= 15 is 0 Å². The minimum absolute atomic E-state index is 0.00206. The Kier molecular flexibility index (Phi) is 5.47. The molecule has 3 rings (SSSR count). The van der Waals surface area contributed by atoms with Crippen molar-refractivity contribution in [2.75, 3.05) is 18.4 Å². The lowest BCUT2D eigenvalue weighted by molar-refractivity contribution is -0.134. The molecule has 0 spiro atoms. The van der Waals surface area contributed by atoms with Crippen LogP contribution in [0.25, 0.3) is 0 Å². The van der Waals surface area contributed by atoms with Crippen molar-refractivity contribution in [1.82, 2.24) is 15.0 Å². The first kappa shape index (κ1) is 17.6. The number of amides is 2. The highest BCUT2D eigenvalue weighted by atomic mass is 32.1. The molecule has 1 aliphatic heterocycles. The van der Waals surface area contributed by atoms with Crippen molar-refractivity contribution in [2.24, 2.45) is 5.92 Å². The highest BCUT2D eigenvalue weighted by Crippen LogP contribution is 2.22. The second-order valence-electron chi connectivity index (χ2n) is 6.28. The van der Waals surface area contributed by atoms with Crippen LogP contribution in [0.4, 0.5) is 5.13 Å². The first-order valence-electron chi connectivity index (χ1n) is 8.44. The van der Waals surface area contributed by atoms with E-state index in [0.29, 0.717) is 43.9 Å². The van der Waals surface area contributed by atoms with Crippen LogP contribution in [0.15, 0.2) is 16.1 Å². The zero-order chi connectivity index (χ0) is 17.8. The van der Waals surface area contributed by atoms with E-state index in [4.69, 9.17) is 4.52 Å². The van der Waals surface area contributed by atoms with Crippen LogP contribution < -0.4 is 5.32 Å². The average molecular weight is 362 g/mol. The summed E-state index contributed by atoms with van der Waals surface area (Å²) in [5, 5.41) is 9.21. The number of rotatable bonds is 5. The Hall–Kier alpha value is -2.22. The van der Waals surface area contributed by atoms with Gasteiger partial charge in [0.15, 0.2) is 5.13 Å². The van der Waals surface area contributed by atoms with Gasteiger partial charge in [-0.3, -0.25) is 9.59 Å². The first-order valence-corrected chi connectivity index (χ1v) is 9.32. The lowest BCUT2D eigenvalue weighted by Gasteiger charge is -2.31. The lowest BCUT2D eigenvalue weighted by Crippen LogP contribution is -2.41. The van der Waals surface area contributed by atoms with E-state index in [9.17, 15) is 9.59 Å². The largest absolute Gasteiger partial charge is 0.361 e. The molecule has 3 heterocycles. The number of carbonyl (C=O) groups is 2. The van der Waals surface area contributed by atoms with Gasteiger partial charge in [0.1, 0.15) is 5.76 Å². The van der Waals surface area contributed by atoms with Crippen LogP contribution in [0, 0.1) is 19.8 Å². The van der Waals surface area contributed by atoms with Gasteiger partial charge in [0.2, 0.25) is 11.8 Å². The van der Waals surface area contributed by atoms with Gasteiger partial charge in [-0.1, -0.05) is 5.16 Å². The molecule has 25 heavy (non-hydrogen) atoms. The van der Waals surface area contributed by atoms with Crippen LogP contribution in [0.5, 0.6) is 0 Å². The van der Waals surface area contributed by atoms with Gasteiger partial charge in [-0.2, -0.15) is 0 Å². The summed E-state index contributed by atoms with van der Waals surface area (Å²) in [7, 11) is 0. The fourth-order valence-electron chi connectivity index (χ4n) is 3.13. The van der Waals surface area contributed by atoms with Crippen molar-refractivity contribution in [3.8, 4) is 0 Å². The van der Waals surface area contributed by atoms with E-state index < -0.39 is 0 Å². The van der Waals surface area contributed by atoms with E-state index in [1.54, 1.807) is 6.20 Å². The highest BCUT2D eigenvalue weighted by molar-refractivity contribution is 7.13. The van der Waals surface area contributed by atoms with E-state index in [2.05, 4.69) is 15.5 Å². The summed E-state index contributed by atoms with van der Waals surface area (Å²) in [5.41, 5.74) is 1.87. The number of carbonyl (C=O) groups excluding carboxylic acids is 2. The molecule has 7 nitrogen and oxygen atoms in total. The van der Waals surface area contributed by atoms with Crippen LogP contribution in [-0.2, 0) is 16.0 Å². The summed E-state index contributed by atoms with van der Waals surface area (Å²) in [5.74, 6) is 0.843. The second-order valence-corrected chi connectivity index (χ2v) is 7.18. The van der Waals surface area contributed by atoms with Crippen LogP contribution >= 0.6 is 11.3 Å². The van der Waals surface area contributed by atoms with Gasteiger partial charge in [0.25, 0.3) is 0 Å². The number of aromatic nitrogens is 2. The minimum Gasteiger partial charge on any atom is -0.361 e. The Morgan fingerprint density at radius 3 is 2.72 bits per heavy atom. The molecule has 0 aromatic carbocycles. The zero-order valence-corrected chi connectivity index (χ0v) is 15.3. The van der Waals surface area contributed by atoms with Crippen molar-refractivity contribution in [2.45, 2.75) is 39.5 Å². The van der Waals surface area contributed by atoms with Crippen molar-refractivity contribution < 1.29 is 14.1 Å². The van der Waals surface area contributed by atoms with E-state index in [1.165, 1.54) is 11.3 Å². The molecule has 2 aromatic rings. The number of hydrogen-bond acceptors (Lipinski definition) is 6. The predicted molar refractivity (Wildman–Crippen MR) is 94.3 cm³/mol. The maximum Gasteiger partial charge on any atom is 0.229 e. The molecule has 2 amide bonds. The standard InChI is InChI=1S/C17H22N4O3S/c1-11-14(12(2)24-20-11)3-4-15(22)21-8-5-13(6-9-21)16(23)19-17-18-7-10-25-17/h7,10,13H,3-6,8-9H2,1-2H3,(H,18,19,23). The maximum atomic E-state index is 12.4.